The van der Waals surface area contributed by atoms with Crippen molar-refractivity contribution in [2.24, 2.45) is 0 Å². The third-order valence-corrected chi connectivity index (χ3v) is 4.86. The molecule has 0 atom stereocenters. The molecule has 6 heteroatoms. The first-order chi connectivity index (χ1) is 15.0. The van der Waals surface area contributed by atoms with Crippen LogP contribution in [0.15, 0.2) is 54.7 Å². The fourth-order valence-electron chi connectivity index (χ4n) is 3.20. The molecule has 0 aliphatic heterocycles. The molecule has 0 saturated heterocycles. The van der Waals surface area contributed by atoms with Gasteiger partial charge in [-0.05, 0) is 59.9 Å². The van der Waals surface area contributed by atoms with Crippen LogP contribution in [-0.2, 0) is 16.1 Å². The van der Waals surface area contributed by atoms with Crippen molar-refractivity contribution in [3.8, 4) is 22.8 Å². The number of carbonyl (C=O) groups excluding carboxylic acids is 2. The molecule has 0 fully saturated rings. The van der Waals surface area contributed by atoms with Gasteiger partial charge in [-0.1, -0.05) is 24.3 Å². The summed E-state index contributed by atoms with van der Waals surface area (Å²) in [5.74, 6) is 0.889. The van der Waals surface area contributed by atoms with Gasteiger partial charge in [-0.15, -0.1) is 0 Å². The van der Waals surface area contributed by atoms with E-state index in [2.05, 4.69) is 18.0 Å². The Morgan fingerprint density at radius 3 is 2.52 bits per heavy atom. The SMILES string of the molecule is CC(=O)OCCOc1ccc(-c2cccc(COc3ccc(C=O)cn3)c2C)c(C)c1. The van der Waals surface area contributed by atoms with Crippen molar-refractivity contribution in [2.45, 2.75) is 27.4 Å². The summed E-state index contributed by atoms with van der Waals surface area (Å²) in [6, 6.07) is 15.4. The van der Waals surface area contributed by atoms with Gasteiger partial charge in [0.2, 0.25) is 5.88 Å². The number of aryl methyl sites for hydroxylation is 1. The maximum atomic E-state index is 10.8. The van der Waals surface area contributed by atoms with Crippen LogP contribution in [0.2, 0.25) is 0 Å². The van der Waals surface area contributed by atoms with Crippen LogP contribution in [0, 0.1) is 13.8 Å². The Bertz CT molecular complexity index is 1060. The summed E-state index contributed by atoms with van der Waals surface area (Å²) in [7, 11) is 0. The molecule has 31 heavy (non-hydrogen) atoms. The Morgan fingerprint density at radius 1 is 1.00 bits per heavy atom. The highest BCUT2D eigenvalue weighted by atomic mass is 16.6. The second-order valence-corrected chi connectivity index (χ2v) is 7.09. The largest absolute Gasteiger partial charge is 0.490 e. The zero-order chi connectivity index (χ0) is 22.2. The van der Waals surface area contributed by atoms with Crippen LogP contribution in [0.3, 0.4) is 0 Å². The zero-order valence-corrected chi connectivity index (χ0v) is 17.9. The summed E-state index contributed by atoms with van der Waals surface area (Å²) in [5.41, 5.74) is 6.00. The molecular formula is C25H25NO5. The lowest BCUT2D eigenvalue weighted by atomic mass is 9.94. The van der Waals surface area contributed by atoms with Crippen molar-refractivity contribution in [3.05, 3.63) is 77.0 Å². The van der Waals surface area contributed by atoms with E-state index < -0.39 is 0 Å². The molecule has 0 saturated carbocycles. The molecule has 0 unspecified atom stereocenters. The van der Waals surface area contributed by atoms with Gasteiger partial charge in [-0.25, -0.2) is 4.98 Å². The number of esters is 1. The van der Waals surface area contributed by atoms with Crippen LogP contribution in [0.1, 0.15) is 34.0 Å². The number of rotatable bonds is 9. The number of hydrogen-bond acceptors (Lipinski definition) is 6. The van der Waals surface area contributed by atoms with E-state index in [4.69, 9.17) is 14.2 Å². The van der Waals surface area contributed by atoms with E-state index in [1.54, 1.807) is 12.1 Å². The third kappa shape index (κ3) is 5.92. The van der Waals surface area contributed by atoms with Crippen LogP contribution in [0.5, 0.6) is 11.6 Å². The normalized spacial score (nSPS) is 10.4. The van der Waals surface area contributed by atoms with Gasteiger partial charge in [0.05, 0.1) is 0 Å². The number of carbonyl (C=O) groups is 2. The number of aromatic nitrogens is 1. The highest BCUT2D eigenvalue weighted by Gasteiger charge is 2.10. The van der Waals surface area contributed by atoms with Gasteiger partial charge in [0.15, 0.2) is 6.29 Å². The number of nitrogens with zero attached hydrogens (tertiary/aromatic N) is 1. The molecular weight excluding hydrogens is 394 g/mol. The van der Waals surface area contributed by atoms with Crippen LogP contribution < -0.4 is 9.47 Å². The minimum absolute atomic E-state index is 0.226. The van der Waals surface area contributed by atoms with E-state index in [0.717, 1.165) is 39.9 Å². The van der Waals surface area contributed by atoms with Gasteiger partial charge in [0.25, 0.3) is 0 Å². The Morgan fingerprint density at radius 2 is 1.84 bits per heavy atom. The van der Waals surface area contributed by atoms with E-state index in [1.165, 1.54) is 13.1 Å². The molecule has 3 rings (SSSR count). The Kier molecular flexibility index (Phi) is 7.38. The topological polar surface area (TPSA) is 74.7 Å². The van der Waals surface area contributed by atoms with Crippen LogP contribution in [0.25, 0.3) is 11.1 Å². The second-order valence-electron chi connectivity index (χ2n) is 7.09. The predicted octanol–water partition coefficient (Wildman–Crippen LogP) is 4.70. The second kappa shape index (κ2) is 10.4. The first-order valence-electron chi connectivity index (χ1n) is 9.97. The maximum Gasteiger partial charge on any atom is 0.302 e. The van der Waals surface area contributed by atoms with Crippen molar-refractivity contribution in [1.82, 2.24) is 4.98 Å². The summed E-state index contributed by atoms with van der Waals surface area (Å²) < 4.78 is 16.3. The van der Waals surface area contributed by atoms with Crippen LogP contribution in [-0.4, -0.2) is 30.5 Å². The summed E-state index contributed by atoms with van der Waals surface area (Å²) >= 11 is 0. The van der Waals surface area contributed by atoms with Crippen molar-refractivity contribution in [2.75, 3.05) is 13.2 Å². The Labute approximate surface area is 181 Å². The Hall–Kier alpha value is -3.67. The van der Waals surface area contributed by atoms with E-state index in [1.807, 2.05) is 37.3 Å². The van der Waals surface area contributed by atoms with Crippen LogP contribution >= 0.6 is 0 Å². The van der Waals surface area contributed by atoms with E-state index in [-0.39, 0.29) is 12.6 Å². The van der Waals surface area contributed by atoms with Gasteiger partial charge in [0, 0.05) is 24.8 Å². The highest BCUT2D eigenvalue weighted by molar-refractivity contribution is 5.74. The monoisotopic (exact) mass is 419 g/mol. The first kappa shape index (κ1) is 22.0. The van der Waals surface area contributed by atoms with Gasteiger partial charge in [-0.2, -0.15) is 0 Å². The van der Waals surface area contributed by atoms with E-state index >= 15 is 0 Å². The molecule has 2 aromatic carbocycles. The molecule has 0 N–H and O–H groups in total. The minimum atomic E-state index is -0.316. The predicted molar refractivity (Wildman–Crippen MR) is 117 cm³/mol. The summed E-state index contributed by atoms with van der Waals surface area (Å²) in [6.45, 7) is 6.40. The molecule has 0 aliphatic rings. The van der Waals surface area contributed by atoms with Gasteiger partial charge >= 0.3 is 5.97 Å². The quantitative estimate of drug-likeness (QED) is 0.284. The zero-order valence-electron chi connectivity index (χ0n) is 17.9. The average molecular weight is 419 g/mol. The van der Waals surface area contributed by atoms with Gasteiger partial charge in [-0.3, -0.25) is 9.59 Å². The summed E-state index contributed by atoms with van der Waals surface area (Å²) in [5, 5.41) is 0. The molecule has 1 heterocycles. The average Bonchev–Trinajstić information content (AvgIpc) is 2.77. The van der Waals surface area contributed by atoms with Gasteiger partial charge < -0.3 is 14.2 Å². The standard InChI is InChI=1S/C25H25NO5/c1-17-13-22(30-12-11-29-19(3)28)8-9-23(17)24-6-4-5-21(18(24)2)16-31-25-10-7-20(15-27)14-26-25/h4-10,13-15H,11-12,16H2,1-3H3. The number of aldehydes is 1. The fraction of sp³-hybridized carbons (Fsp3) is 0.240. The smallest absolute Gasteiger partial charge is 0.302 e. The number of pyridine rings is 1. The van der Waals surface area contributed by atoms with Crippen molar-refractivity contribution >= 4 is 12.3 Å². The molecule has 0 amide bonds. The van der Waals surface area contributed by atoms with Crippen molar-refractivity contribution in [3.63, 3.8) is 0 Å². The summed E-state index contributed by atoms with van der Waals surface area (Å²) in [4.78, 5) is 25.7. The lowest BCUT2D eigenvalue weighted by Gasteiger charge is -2.15. The lowest BCUT2D eigenvalue weighted by molar-refractivity contribution is -0.141. The number of benzene rings is 2. The van der Waals surface area contributed by atoms with Crippen molar-refractivity contribution in [1.29, 1.82) is 0 Å². The summed E-state index contributed by atoms with van der Waals surface area (Å²) in [6.07, 6.45) is 2.24. The maximum absolute atomic E-state index is 10.8. The van der Waals surface area contributed by atoms with Crippen LogP contribution in [0.4, 0.5) is 0 Å². The minimum Gasteiger partial charge on any atom is -0.490 e. The van der Waals surface area contributed by atoms with E-state index in [0.29, 0.717) is 24.7 Å². The third-order valence-electron chi connectivity index (χ3n) is 4.86. The molecule has 0 aliphatic carbocycles. The lowest BCUT2D eigenvalue weighted by Crippen LogP contribution is -2.09. The molecule has 160 valence electrons. The van der Waals surface area contributed by atoms with Gasteiger partial charge in [0.1, 0.15) is 25.6 Å². The molecule has 0 spiro atoms. The number of ether oxygens (including phenoxy) is 3. The fourth-order valence-corrected chi connectivity index (χ4v) is 3.20. The Balaban J connectivity index is 1.71. The first-order valence-corrected chi connectivity index (χ1v) is 9.97. The molecule has 3 aromatic rings. The molecule has 1 aromatic heterocycles. The van der Waals surface area contributed by atoms with Crippen molar-refractivity contribution < 1.29 is 23.8 Å². The van der Waals surface area contributed by atoms with E-state index in [9.17, 15) is 9.59 Å². The molecule has 6 nitrogen and oxygen atoms in total. The molecule has 0 radical (unpaired) electrons. The molecule has 0 bridgehead atoms. The highest BCUT2D eigenvalue weighted by Crippen LogP contribution is 2.31. The number of hydrogen-bond donors (Lipinski definition) is 0.